The quantitative estimate of drug-likeness (QED) is 0.0559. The molecular formula is C37H71NO5. The number of nitrogens with one attached hydrogen (secondary N) is 1. The lowest BCUT2D eigenvalue weighted by atomic mass is 10.0. The molecule has 0 saturated carbocycles. The van der Waals surface area contributed by atoms with Gasteiger partial charge in [-0.15, -0.1) is 0 Å². The van der Waals surface area contributed by atoms with Crippen molar-refractivity contribution in [1.29, 1.82) is 0 Å². The highest BCUT2D eigenvalue weighted by molar-refractivity contribution is 5.80. The molecule has 0 aliphatic carbocycles. The van der Waals surface area contributed by atoms with E-state index in [1.165, 1.54) is 116 Å². The third kappa shape index (κ3) is 33.1. The lowest BCUT2D eigenvalue weighted by Crippen LogP contribution is -2.28. The maximum Gasteiger partial charge on any atom is 0.322 e. The number of amides is 1. The number of hydrogen-bond donors (Lipinski definition) is 2. The Kier molecular flexibility index (Phi) is 32.1. The number of ether oxygens (including phenoxy) is 1. The van der Waals surface area contributed by atoms with Gasteiger partial charge in [-0.2, -0.15) is 0 Å². The monoisotopic (exact) mass is 610 g/mol. The number of carboxylic acid groups (broad SMARTS) is 1. The van der Waals surface area contributed by atoms with Crippen LogP contribution in [0.2, 0.25) is 0 Å². The van der Waals surface area contributed by atoms with Gasteiger partial charge >= 0.3 is 11.9 Å². The molecular weight excluding hydrogens is 538 g/mol. The van der Waals surface area contributed by atoms with Crippen LogP contribution in [0.15, 0.2) is 0 Å². The molecule has 43 heavy (non-hydrogen) atoms. The molecule has 0 bridgehead atoms. The topological polar surface area (TPSA) is 92.7 Å². The van der Waals surface area contributed by atoms with Crippen LogP contribution in [0.3, 0.4) is 0 Å². The molecule has 0 heterocycles. The lowest BCUT2D eigenvalue weighted by molar-refractivity contribution is -0.150. The summed E-state index contributed by atoms with van der Waals surface area (Å²) in [6.45, 7) is 4.22. The first-order valence-electron chi connectivity index (χ1n) is 18.7. The Morgan fingerprint density at radius 2 is 0.860 bits per heavy atom. The third-order valence-electron chi connectivity index (χ3n) is 8.53. The molecule has 0 aromatic rings. The van der Waals surface area contributed by atoms with Gasteiger partial charge in [-0.25, -0.2) is 0 Å². The summed E-state index contributed by atoms with van der Waals surface area (Å²) < 4.78 is 5.99. The number of unbranched alkanes of at least 4 members (excludes halogenated alkanes) is 23. The molecule has 0 spiro atoms. The van der Waals surface area contributed by atoms with Crippen LogP contribution in [0.1, 0.15) is 206 Å². The molecule has 0 saturated heterocycles. The molecule has 0 aliphatic heterocycles. The fourth-order valence-corrected chi connectivity index (χ4v) is 5.75. The van der Waals surface area contributed by atoms with Gasteiger partial charge in [-0.1, -0.05) is 155 Å². The molecule has 0 aromatic heterocycles. The summed E-state index contributed by atoms with van der Waals surface area (Å²) in [7, 11) is 0. The van der Waals surface area contributed by atoms with E-state index in [4.69, 9.17) is 9.84 Å². The predicted molar refractivity (Wildman–Crippen MR) is 180 cm³/mol. The van der Waals surface area contributed by atoms with Gasteiger partial charge in [0.25, 0.3) is 0 Å². The summed E-state index contributed by atoms with van der Waals surface area (Å²) in [6, 6.07) is 0. The molecule has 1 atom stereocenters. The third-order valence-corrected chi connectivity index (χ3v) is 8.53. The summed E-state index contributed by atoms with van der Waals surface area (Å²) in [5, 5.41) is 11.1. The normalized spacial score (nSPS) is 11.9. The molecule has 6 heteroatoms. The number of aliphatic carboxylic acids is 1. The zero-order valence-electron chi connectivity index (χ0n) is 28.6. The Hall–Kier alpha value is -1.59. The molecule has 0 fully saturated rings. The van der Waals surface area contributed by atoms with Crippen molar-refractivity contribution in [2.75, 3.05) is 6.54 Å². The highest BCUT2D eigenvalue weighted by Crippen LogP contribution is 2.19. The van der Waals surface area contributed by atoms with Gasteiger partial charge in [0.05, 0.1) is 0 Å². The number of carbonyl (C=O) groups excluding carboxylic acids is 2. The van der Waals surface area contributed by atoms with Crippen molar-refractivity contribution >= 4 is 17.8 Å². The molecule has 254 valence electrons. The van der Waals surface area contributed by atoms with Crippen LogP contribution < -0.4 is 5.32 Å². The second-order valence-corrected chi connectivity index (χ2v) is 12.8. The number of rotatable bonds is 34. The van der Waals surface area contributed by atoms with Crippen molar-refractivity contribution in [1.82, 2.24) is 5.32 Å². The number of carboxylic acids is 1. The van der Waals surface area contributed by atoms with E-state index in [0.717, 1.165) is 64.2 Å². The minimum absolute atomic E-state index is 0.0146. The summed E-state index contributed by atoms with van der Waals surface area (Å²) in [6.07, 6.45) is 35.0. The van der Waals surface area contributed by atoms with Crippen LogP contribution in [0, 0.1) is 0 Å². The fraction of sp³-hybridized carbons (Fsp3) is 0.919. The smallest absolute Gasteiger partial charge is 0.322 e. The van der Waals surface area contributed by atoms with E-state index < -0.39 is 5.97 Å². The Morgan fingerprint density at radius 3 is 1.26 bits per heavy atom. The summed E-state index contributed by atoms with van der Waals surface area (Å²) in [5.41, 5.74) is 0. The van der Waals surface area contributed by atoms with Crippen LogP contribution in [0.5, 0.6) is 0 Å². The minimum Gasteiger partial charge on any atom is -0.480 e. The van der Waals surface area contributed by atoms with Crippen LogP contribution in [0.25, 0.3) is 0 Å². The van der Waals surface area contributed by atoms with Crippen molar-refractivity contribution < 1.29 is 24.2 Å². The molecule has 1 amide bonds. The predicted octanol–water partition coefficient (Wildman–Crippen LogP) is 10.8. The van der Waals surface area contributed by atoms with Crippen molar-refractivity contribution in [3.63, 3.8) is 0 Å². The Balaban J connectivity index is 4.14. The first kappa shape index (κ1) is 41.4. The largest absolute Gasteiger partial charge is 0.480 e. The minimum atomic E-state index is -1.01. The first-order valence-corrected chi connectivity index (χ1v) is 18.7. The molecule has 0 aromatic carbocycles. The van der Waals surface area contributed by atoms with Gasteiger partial charge in [0, 0.05) is 12.8 Å². The lowest BCUT2D eigenvalue weighted by Gasteiger charge is -2.18. The van der Waals surface area contributed by atoms with Crippen LogP contribution in [0.4, 0.5) is 0 Å². The van der Waals surface area contributed by atoms with Crippen molar-refractivity contribution in [3.8, 4) is 0 Å². The van der Waals surface area contributed by atoms with Crippen LogP contribution in [-0.2, 0) is 19.1 Å². The van der Waals surface area contributed by atoms with E-state index >= 15 is 0 Å². The Morgan fingerprint density at radius 1 is 0.512 bits per heavy atom. The average molecular weight is 610 g/mol. The number of carbonyl (C=O) groups is 3. The Labute approximate surface area is 266 Å². The second kappa shape index (κ2) is 33.3. The highest BCUT2D eigenvalue weighted by Gasteiger charge is 2.14. The maximum atomic E-state index is 12.6. The van der Waals surface area contributed by atoms with E-state index in [0.29, 0.717) is 12.8 Å². The zero-order chi connectivity index (χ0) is 31.6. The number of esters is 1. The van der Waals surface area contributed by atoms with Gasteiger partial charge in [-0.05, 0) is 38.5 Å². The fourth-order valence-electron chi connectivity index (χ4n) is 5.75. The van der Waals surface area contributed by atoms with E-state index in [9.17, 15) is 14.4 Å². The van der Waals surface area contributed by atoms with Gasteiger partial charge < -0.3 is 15.2 Å². The zero-order valence-corrected chi connectivity index (χ0v) is 28.6. The van der Waals surface area contributed by atoms with Gasteiger partial charge in [-0.3, -0.25) is 14.4 Å². The molecule has 6 nitrogen and oxygen atoms in total. The summed E-state index contributed by atoms with van der Waals surface area (Å²) in [5.74, 6) is -1.22. The van der Waals surface area contributed by atoms with Gasteiger partial charge in [0.1, 0.15) is 12.6 Å². The molecule has 0 radical (unpaired) electrons. The number of hydrogen-bond acceptors (Lipinski definition) is 4. The van der Waals surface area contributed by atoms with E-state index in [1.807, 2.05) is 0 Å². The molecule has 0 aliphatic rings. The highest BCUT2D eigenvalue weighted by atomic mass is 16.5. The van der Waals surface area contributed by atoms with Gasteiger partial charge in [0.2, 0.25) is 5.91 Å². The molecule has 1 unspecified atom stereocenters. The first-order chi connectivity index (χ1) is 21.0. The van der Waals surface area contributed by atoms with Crippen molar-refractivity contribution in [3.05, 3.63) is 0 Å². The SMILES string of the molecule is CCCCCCCCCCCCCCC(CCCCCCCC(=O)NCC(=O)O)OC(=O)CCCCCCCCCCC. The van der Waals surface area contributed by atoms with E-state index in [-0.39, 0.29) is 24.5 Å². The molecule has 0 rings (SSSR count). The van der Waals surface area contributed by atoms with E-state index in [2.05, 4.69) is 19.2 Å². The second-order valence-electron chi connectivity index (χ2n) is 12.8. The molecule has 2 N–H and O–H groups in total. The van der Waals surface area contributed by atoms with Crippen molar-refractivity contribution in [2.24, 2.45) is 0 Å². The summed E-state index contributed by atoms with van der Waals surface area (Å²) in [4.78, 5) is 34.8. The average Bonchev–Trinajstić information content (AvgIpc) is 2.99. The maximum absolute atomic E-state index is 12.6. The summed E-state index contributed by atoms with van der Waals surface area (Å²) >= 11 is 0. The van der Waals surface area contributed by atoms with E-state index in [1.54, 1.807) is 0 Å². The van der Waals surface area contributed by atoms with Crippen LogP contribution in [-0.4, -0.2) is 35.6 Å². The standard InChI is InChI=1S/C37H71NO5/c1-3-5-7-9-11-13-14-15-17-18-21-25-29-34(30-26-22-20-23-27-31-35(39)38-33-36(40)41)43-37(42)32-28-24-19-16-12-10-8-6-4-2/h34H,3-33H2,1-2H3,(H,38,39)(H,40,41). The van der Waals surface area contributed by atoms with Gasteiger partial charge in [0.15, 0.2) is 0 Å². The van der Waals surface area contributed by atoms with Crippen LogP contribution >= 0.6 is 0 Å². The Bertz CT molecular complexity index is 638. The van der Waals surface area contributed by atoms with Crippen molar-refractivity contribution in [2.45, 2.75) is 213 Å².